The van der Waals surface area contributed by atoms with Crippen molar-refractivity contribution in [1.82, 2.24) is 4.90 Å². The first-order valence-corrected chi connectivity index (χ1v) is 11.6. The van der Waals surface area contributed by atoms with Crippen LogP contribution < -0.4 is 4.90 Å². The summed E-state index contributed by atoms with van der Waals surface area (Å²) < 4.78 is 0. The fourth-order valence-corrected chi connectivity index (χ4v) is 5.40. The Hall–Kier alpha value is -1.54. The van der Waals surface area contributed by atoms with Crippen LogP contribution in [0, 0.1) is 11.3 Å². The lowest BCUT2D eigenvalue weighted by atomic mass is 9.68. The van der Waals surface area contributed by atoms with E-state index in [0.29, 0.717) is 5.41 Å². The Bertz CT molecular complexity index is 711. The van der Waals surface area contributed by atoms with E-state index < -0.39 is 0 Å². The summed E-state index contributed by atoms with van der Waals surface area (Å²) in [6.45, 7) is 13.8. The van der Waals surface area contributed by atoms with Gasteiger partial charge in [-0.2, -0.15) is 0 Å². The number of quaternary nitrogens is 1. The number of rotatable bonds is 4. The maximum absolute atomic E-state index is 2.59. The van der Waals surface area contributed by atoms with Crippen LogP contribution in [0.2, 0.25) is 0 Å². The Labute approximate surface area is 172 Å². The molecule has 2 heteroatoms. The first kappa shape index (κ1) is 19.8. The molecule has 1 atom stereocenters. The van der Waals surface area contributed by atoms with E-state index >= 15 is 0 Å². The summed E-state index contributed by atoms with van der Waals surface area (Å²) in [6, 6.07) is 11.3. The number of benzene rings is 1. The second-order valence-electron chi connectivity index (χ2n) is 10.3. The van der Waals surface area contributed by atoms with Crippen molar-refractivity contribution in [3.63, 3.8) is 0 Å². The van der Waals surface area contributed by atoms with Crippen LogP contribution in [0.3, 0.4) is 0 Å². The average Bonchev–Trinajstić information content (AvgIpc) is 3.36. The molecule has 2 fully saturated rings. The zero-order chi connectivity index (χ0) is 19.6. The van der Waals surface area contributed by atoms with Crippen LogP contribution >= 0.6 is 0 Å². The molecule has 1 aliphatic carbocycles. The summed E-state index contributed by atoms with van der Waals surface area (Å²) >= 11 is 0. The van der Waals surface area contributed by atoms with E-state index in [0.717, 1.165) is 5.92 Å². The summed E-state index contributed by atoms with van der Waals surface area (Å²) in [5.74, 6) is 0.741. The van der Waals surface area contributed by atoms with Crippen molar-refractivity contribution in [2.75, 3.05) is 32.7 Å². The van der Waals surface area contributed by atoms with Crippen LogP contribution in [0.25, 0.3) is 5.57 Å². The van der Waals surface area contributed by atoms with E-state index in [9.17, 15) is 0 Å². The molecule has 1 aromatic rings. The van der Waals surface area contributed by atoms with Gasteiger partial charge in [0.15, 0.2) is 0 Å². The van der Waals surface area contributed by atoms with E-state index in [-0.39, 0.29) is 0 Å². The zero-order valence-corrected chi connectivity index (χ0v) is 18.3. The fourth-order valence-electron chi connectivity index (χ4n) is 5.40. The molecule has 152 valence electrons. The fraction of sp³-hybridized carbons (Fsp3) is 0.615. The molecule has 0 amide bonds. The standard InChI is InChI=1S/C26H38N2/c1-26(2,3)24-17-22(19-27-13-7-8-14-27)25(21-11-5-4-6-12-21)23(18-24)20-28-15-9-10-16-28/h4-6,11-12,19,24H,7-10,13-18,20H2,1-3H3/p+1/b22-19+. The van der Waals surface area contributed by atoms with Gasteiger partial charge in [-0.25, -0.2) is 0 Å². The predicted molar refractivity (Wildman–Crippen MR) is 119 cm³/mol. The lowest BCUT2D eigenvalue weighted by molar-refractivity contribution is -0.882. The summed E-state index contributed by atoms with van der Waals surface area (Å²) in [7, 11) is 0. The highest BCUT2D eigenvalue weighted by Gasteiger charge is 2.35. The minimum atomic E-state index is 0.359. The second-order valence-corrected chi connectivity index (χ2v) is 10.3. The minimum absolute atomic E-state index is 0.359. The second kappa shape index (κ2) is 8.45. The maximum atomic E-state index is 2.59. The van der Waals surface area contributed by atoms with Crippen molar-refractivity contribution in [2.24, 2.45) is 11.3 Å². The molecule has 2 aliphatic heterocycles. The Morgan fingerprint density at radius 1 is 0.964 bits per heavy atom. The van der Waals surface area contributed by atoms with Crippen molar-refractivity contribution in [1.29, 1.82) is 0 Å². The molecule has 1 aromatic carbocycles. The molecule has 28 heavy (non-hydrogen) atoms. The molecular formula is C26H39N2+. The average molecular weight is 380 g/mol. The van der Waals surface area contributed by atoms with Gasteiger partial charge in [0.05, 0.1) is 19.6 Å². The lowest BCUT2D eigenvalue weighted by Crippen LogP contribution is -3.10. The van der Waals surface area contributed by atoms with Gasteiger partial charge in [-0.3, -0.25) is 0 Å². The van der Waals surface area contributed by atoms with Crippen LogP contribution in [-0.2, 0) is 0 Å². The molecule has 2 nitrogen and oxygen atoms in total. The molecule has 4 rings (SSSR count). The van der Waals surface area contributed by atoms with E-state index in [1.807, 2.05) is 0 Å². The molecule has 0 aromatic heterocycles. The first-order chi connectivity index (χ1) is 13.5. The van der Waals surface area contributed by atoms with Gasteiger partial charge in [0.2, 0.25) is 0 Å². The monoisotopic (exact) mass is 379 g/mol. The van der Waals surface area contributed by atoms with Crippen LogP contribution in [0.4, 0.5) is 0 Å². The van der Waals surface area contributed by atoms with Gasteiger partial charge in [0.25, 0.3) is 0 Å². The molecule has 3 aliphatic rings. The van der Waals surface area contributed by atoms with Crippen molar-refractivity contribution >= 4 is 5.57 Å². The largest absolute Gasteiger partial charge is 0.377 e. The van der Waals surface area contributed by atoms with Crippen LogP contribution in [-0.4, -0.2) is 37.6 Å². The van der Waals surface area contributed by atoms with Crippen LogP contribution in [0.1, 0.15) is 64.9 Å². The first-order valence-electron chi connectivity index (χ1n) is 11.6. The molecule has 2 saturated heterocycles. The highest BCUT2D eigenvalue weighted by molar-refractivity contribution is 5.82. The zero-order valence-electron chi connectivity index (χ0n) is 18.3. The SMILES string of the molecule is CC(C)(C)C1CC(C[NH+]2CCCC2)=C(c2ccccc2)/C(=C/N2CCCC2)C1. The van der Waals surface area contributed by atoms with E-state index in [1.165, 1.54) is 76.8 Å². The summed E-state index contributed by atoms with van der Waals surface area (Å²) in [6.07, 6.45) is 10.6. The molecule has 0 saturated carbocycles. The molecule has 0 bridgehead atoms. The van der Waals surface area contributed by atoms with Crippen molar-refractivity contribution < 1.29 is 4.90 Å². The number of nitrogens with one attached hydrogen (secondary N) is 1. The smallest absolute Gasteiger partial charge is 0.0997 e. The molecule has 1 unspecified atom stereocenters. The van der Waals surface area contributed by atoms with Crippen molar-refractivity contribution in [3.8, 4) is 0 Å². The Kier molecular flexibility index (Phi) is 5.96. The molecule has 0 spiro atoms. The number of hydrogen-bond donors (Lipinski definition) is 1. The highest BCUT2D eigenvalue weighted by Crippen LogP contribution is 2.45. The van der Waals surface area contributed by atoms with Crippen LogP contribution in [0.5, 0.6) is 0 Å². The number of hydrogen-bond acceptors (Lipinski definition) is 1. The normalized spacial score (nSPS) is 25.9. The summed E-state index contributed by atoms with van der Waals surface area (Å²) in [5.41, 5.74) is 6.71. The van der Waals surface area contributed by atoms with Gasteiger partial charge in [-0.05, 0) is 59.3 Å². The van der Waals surface area contributed by atoms with Gasteiger partial charge < -0.3 is 9.80 Å². The summed E-state index contributed by atoms with van der Waals surface area (Å²) in [4.78, 5) is 4.39. The quantitative estimate of drug-likeness (QED) is 0.806. The topological polar surface area (TPSA) is 7.68 Å². The van der Waals surface area contributed by atoms with Crippen LogP contribution in [0.15, 0.2) is 47.7 Å². The van der Waals surface area contributed by atoms with Gasteiger partial charge in [-0.15, -0.1) is 0 Å². The minimum Gasteiger partial charge on any atom is -0.377 e. The van der Waals surface area contributed by atoms with Crippen molar-refractivity contribution in [2.45, 2.75) is 59.3 Å². The van der Waals surface area contributed by atoms with E-state index in [1.54, 1.807) is 21.6 Å². The lowest BCUT2D eigenvalue weighted by Gasteiger charge is -2.38. The predicted octanol–water partition coefficient (Wildman–Crippen LogP) is 4.55. The van der Waals surface area contributed by atoms with Crippen molar-refractivity contribution in [3.05, 3.63) is 53.2 Å². The van der Waals surface area contributed by atoms with E-state index in [2.05, 4.69) is 62.2 Å². The van der Waals surface area contributed by atoms with Gasteiger partial charge in [-0.1, -0.05) is 51.1 Å². The molecular weight excluding hydrogens is 340 g/mol. The number of likely N-dealkylation sites (tertiary alicyclic amines) is 2. The maximum Gasteiger partial charge on any atom is 0.0997 e. The van der Waals surface area contributed by atoms with Gasteiger partial charge >= 0.3 is 0 Å². The Morgan fingerprint density at radius 2 is 1.64 bits per heavy atom. The number of nitrogens with zero attached hydrogens (tertiary/aromatic N) is 1. The van der Waals surface area contributed by atoms with Gasteiger partial charge in [0.1, 0.15) is 0 Å². The molecule has 2 heterocycles. The third-order valence-electron chi connectivity index (χ3n) is 7.17. The Balaban J connectivity index is 1.77. The molecule has 1 N–H and O–H groups in total. The third-order valence-corrected chi connectivity index (χ3v) is 7.17. The van der Waals surface area contributed by atoms with E-state index in [4.69, 9.17) is 0 Å². The molecule has 0 radical (unpaired) electrons. The third kappa shape index (κ3) is 4.54. The summed E-state index contributed by atoms with van der Waals surface area (Å²) in [5, 5.41) is 0. The van der Waals surface area contributed by atoms with Gasteiger partial charge in [0, 0.05) is 32.1 Å². The highest BCUT2D eigenvalue weighted by atomic mass is 15.1. The Morgan fingerprint density at radius 3 is 2.29 bits per heavy atom. The number of allylic oxidation sites excluding steroid dienone is 2.